The molecule has 1 fully saturated rings. The van der Waals surface area contributed by atoms with E-state index in [1.165, 1.54) is 30.3 Å². The number of sulfonamides is 1. The van der Waals surface area contributed by atoms with Crippen molar-refractivity contribution in [1.29, 1.82) is 0 Å². The Morgan fingerprint density at radius 2 is 1.87 bits per heavy atom. The highest BCUT2D eigenvalue weighted by atomic mass is 32.2. The fourth-order valence-corrected chi connectivity index (χ4v) is 4.45. The summed E-state index contributed by atoms with van der Waals surface area (Å²) < 4.78 is 40.1. The van der Waals surface area contributed by atoms with Gasteiger partial charge in [-0.3, -0.25) is 9.69 Å². The lowest BCUT2D eigenvalue weighted by molar-refractivity contribution is 0.0761. The van der Waals surface area contributed by atoms with E-state index in [1.54, 1.807) is 29.2 Å². The van der Waals surface area contributed by atoms with Crippen LogP contribution in [-0.2, 0) is 16.6 Å². The first kappa shape index (κ1) is 22.1. The maximum atomic E-state index is 13.1. The summed E-state index contributed by atoms with van der Waals surface area (Å²) in [5.74, 6) is -0.435. The Labute approximate surface area is 177 Å². The Hall–Kier alpha value is -2.55. The van der Waals surface area contributed by atoms with Crippen molar-refractivity contribution in [1.82, 2.24) is 14.5 Å². The van der Waals surface area contributed by atoms with Gasteiger partial charge < -0.3 is 4.90 Å². The first-order valence-corrected chi connectivity index (χ1v) is 11.3. The van der Waals surface area contributed by atoms with Crippen LogP contribution in [0.2, 0.25) is 0 Å². The maximum Gasteiger partial charge on any atom is 0.253 e. The van der Waals surface area contributed by atoms with Gasteiger partial charge >= 0.3 is 0 Å². The van der Waals surface area contributed by atoms with Crippen molar-refractivity contribution in [2.45, 2.75) is 17.9 Å². The second-order valence-corrected chi connectivity index (χ2v) is 8.98. The van der Waals surface area contributed by atoms with Crippen LogP contribution in [0.4, 0.5) is 4.39 Å². The standard InChI is InChI=1S/C22H26FN3O3S/c1-2-11-24-30(28,29)21-6-3-5-19(16-21)22(27)26-13-4-12-25(14-15-26)17-18-7-9-20(23)10-8-18/h2-3,5-10,16,24H,1,4,11-15,17H2. The van der Waals surface area contributed by atoms with Crippen molar-refractivity contribution in [2.75, 3.05) is 32.7 Å². The third-order valence-electron chi connectivity index (χ3n) is 5.00. The normalized spacial score (nSPS) is 15.6. The molecule has 1 aliphatic rings. The number of benzene rings is 2. The molecule has 0 bridgehead atoms. The number of rotatable bonds is 7. The van der Waals surface area contributed by atoms with Crippen molar-refractivity contribution >= 4 is 15.9 Å². The quantitative estimate of drug-likeness (QED) is 0.685. The highest BCUT2D eigenvalue weighted by Gasteiger charge is 2.22. The van der Waals surface area contributed by atoms with Crippen molar-refractivity contribution in [3.8, 4) is 0 Å². The topological polar surface area (TPSA) is 69.7 Å². The smallest absolute Gasteiger partial charge is 0.253 e. The van der Waals surface area contributed by atoms with Crippen molar-refractivity contribution in [3.05, 3.63) is 78.1 Å². The van der Waals surface area contributed by atoms with Crippen LogP contribution in [0.1, 0.15) is 22.3 Å². The van der Waals surface area contributed by atoms with Gasteiger partial charge in [0.2, 0.25) is 10.0 Å². The van der Waals surface area contributed by atoms with E-state index >= 15 is 0 Å². The molecule has 1 aliphatic heterocycles. The number of nitrogens with zero attached hydrogens (tertiary/aromatic N) is 2. The predicted molar refractivity (Wildman–Crippen MR) is 114 cm³/mol. The lowest BCUT2D eigenvalue weighted by Gasteiger charge is -2.22. The van der Waals surface area contributed by atoms with Crippen LogP contribution in [0.3, 0.4) is 0 Å². The van der Waals surface area contributed by atoms with Gasteiger partial charge in [-0.15, -0.1) is 6.58 Å². The van der Waals surface area contributed by atoms with Crippen LogP contribution in [0.5, 0.6) is 0 Å². The van der Waals surface area contributed by atoms with Crippen LogP contribution >= 0.6 is 0 Å². The van der Waals surface area contributed by atoms with Crippen molar-refractivity contribution in [3.63, 3.8) is 0 Å². The summed E-state index contributed by atoms with van der Waals surface area (Å²) in [5.41, 5.74) is 1.38. The molecular weight excluding hydrogens is 405 g/mol. The first-order chi connectivity index (χ1) is 14.4. The molecule has 30 heavy (non-hydrogen) atoms. The zero-order chi connectivity index (χ0) is 21.6. The second kappa shape index (κ2) is 9.97. The largest absolute Gasteiger partial charge is 0.337 e. The molecule has 6 nitrogen and oxygen atoms in total. The van der Waals surface area contributed by atoms with Gasteiger partial charge in [-0.2, -0.15) is 0 Å². The molecule has 1 amide bonds. The number of amides is 1. The predicted octanol–water partition coefficient (Wildman–Crippen LogP) is 2.64. The Balaban J connectivity index is 1.65. The number of hydrogen-bond acceptors (Lipinski definition) is 4. The molecule has 1 saturated heterocycles. The lowest BCUT2D eigenvalue weighted by atomic mass is 10.2. The Kier molecular flexibility index (Phi) is 7.36. The van der Waals surface area contributed by atoms with Crippen LogP contribution in [0, 0.1) is 5.82 Å². The molecule has 0 aromatic heterocycles. The number of nitrogens with one attached hydrogen (secondary N) is 1. The summed E-state index contributed by atoms with van der Waals surface area (Å²) >= 11 is 0. The van der Waals surface area contributed by atoms with Crippen LogP contribution < -0.4 is 4.72 Å². The summed E-state index contributed by atoms with van der Waals surface area (Å²) in [5, 5.41) is 0. The van der Waals surface area contributed by atoms with Crippen LogP contribution in [0.25, 0.3) is 0 Å². The van der Waals surface area contributed by atoms with Gasteiger partial charge in [0, 0.05) is 44.8 Å². The van der Waals surface area contributed by atoms with Gasteiger partial charge in [0.05, 0.1) is 4.90 Å². The summed E-state index contributed by atoms with van der Waals surface area (Å²) in [7, 11) is -3.69. The fourth-order valence-electron chi connectivity index (χ4n) is 3.41. The highest BCUT2D eigenvalue weighted by Crippen LogP contribution is 2.16. The maximum absolute atomic E-state index is 13.1. The fraction of sp³-hybridized carbons (Fsp3) is 0.318. The first-order valence-electron chi connectivity index (χ1n) is 9.86. The summed E-state index contributed by atoms with van der Waals surface area (Å²) in [6.07, 6.45) is 2.27. The molecule has 1 heterocycles. The number of halogens is 1. The lowest BCUT2D eigenvalue weighted by Crippen LogP contribution is -2.35. The second-order valence-electron chi connectivity index (χ2n) is 7.22. The molecule has 160 valence electrons. The minimum absolute atomic E-state index is 0.0583. The molecule has 3 rings (SSSR count). The molecule has 2 aromatic carbocycles. The van der Waals surface area contributed by atoms with E-state index in [1.807, 2.05) is 0 Å². The molecule has 1 N–H and O–H groups in total. The van der Waals surface area contributed by atoms with E-state index in [2.05, 4.69) is 16.2 Å². The monoisotopic (exact) mass is 431 g/mol. The number of carbonyl (C=O) groups excluding carboxylic acids is 1. The van der Waals surface area contributed by atoms with E-state index in [-0.39, 0.29) is 23.2 Å². The van der Waals surface area contributed by atoms with E-state index in [0.717, 1.165) is 18.5 Å². The third kappa shape index (κ3) is 5.75. The Bertz CT molecular complexity index is 993. The molecule has 0 atom stereocenters. The van der Waals surface area contributed by atoms with Gasteiger partial charge in [0.1, 0.15) is 5.82 Å². The summed E-state index contributed by atoms with van der Waals surface area (Å²) in [4.78, 5) is 17.0. The van der Waals surface area contributed by atoms with Crippen LogP contribution in [-0.4, -0.2) is 56.8 Å². The average Bonchev–Trinajstić information content (AvgIpc) is 2.99. The molecule has 8 heteroatoms. The highest BCUT2D eigenvalue weighted by molar-refractivity contribution is 7.89. The van der Waals surface area contributed by atoms with E-state index in [0.29, 0.717) is 31.7 Å². The Morgan fingerprint density at radius 3 is 2.60 bits per heavy atom. The van der Waals surface area contributed by atoms with Gasteiger partial charge in [-0.05, 0) is 42.3 Å². The Morgan fingerprint density at radius 1 is 1.10 bits per heavy atom. The van der Waals surface area contributed by atoms with Crippen molar-refractivity contribution in [2.24, 2.45) is 0 Å². The average molecular weight is 432 g/mol. The van der Waals surface area contributed by atoms with Gasteiger partial charge in [0.25, 0.3) is 5.91 Å². The zero-order valence-electron chi connectivity index (χ0n) is 16.8. The number of carbonyl (C=O) groups is 1. The minimum atomic E-state index is -3.69. The molecule has 0 spiro atoms. The van der Waals surface area contributed by atoms with E-state index in [9.17, 15) is 17.6 Å². The molecule has 2 aromatic rings. The minimum Gasteiger partial charge on any atom is -0.337 e. The van der Waals surface area contributed by atoms with E-state index < -0.39 is 10.0 Å². The van der Waals surface area contributed by atoms with Crippen molar-refractivity contribution < 1.29 is 17.6 Å². The molecule has 0 unspecified atom stereocenters. The number of hydrogen-bond donors (Lipinski definition) is 1. The molecule has 0 saturated carbocycles. The third-order valence-corrected chi connectivity index (χ3v) is 6.43. The SMILES string of the molecule is C=CCNS(=O)(=O)c1cccc(C(=O)N2CCCN(Cc3ccc(F)cc3)CC2)c1. The molecule has 0 radical (unpaired) electrons. The summed E-state index contributed by atoms with van der Waals surface area (Å²) in [6, 6.07) is 12.5. The molecule has 0 aliphatic carbocycles. The van der Waals surface area contributed by atoms with Crippen LogP contribution in [0.15, 0.2) is 66.1 Å². The van der Waals surface area contributed by atoms with E-state index in [4.69, 9.17) is 0 Å². The van der Waals surface area contributed by atoms with Gasteiger partial charge in [-0.25, -0.2) is 17.5 Å². The zero-order valence-corrected chi connectivity index (χ0v) is 17.6. The molecular formula is C22H26FN3O3S. The van der Waals surface area contributed by atoms with Gasteiger partial charge in [-0.1, -0.05) is 24.3 Å². The van der Waals surface area contributed by atoms with Gasteiger partial charge in [0.15, 0.2) is 0 Å². The summed E-state index contributed by atoms with van der Waals surface area (Å²) in [6.45, 7) is 7.00.